The highest BCUT2D eigenvalue weighted by molar-refractivity contribution is 6.52. The van der Waals surface area contributed by atoms with Gasteiger partial charge in [0.2, 0.25) is 0 Å². The molecule has 3 rings (SSSR count). The minimum absolute atomic E-state index is 0.0362. The standard InChI is InChI=1S/C17H12FNO4/c18-12-6-7-14-13(8-12)16(21)17(22)19(14)9-15(20)23-10-11-4-2-1-3-5-11/h1-8H,9-10H2. The molecular weight excluding hydrogens is 301 g/mol. The van der Waals surface area contributed by atoms with Gasteiger partial charge in [-0.1, -0.05) is 30.3 Å². The van der Waals surface area contributed by atoms with Crippen molar-refractivity contribution in [1.29, 1.82) is 0 Å². The lowest BCUT2D eigenvalue weighted by atomic mass is 10.1. The van der Waals surface area contributed by atoms with Gasteiger partial charge in [-0.15, -0.1) is 0 Å². The maximum Gasteiger partial charge on any atom is 0.326 e. The number of halogens is 1. The van der Waals surface area contributed by atoms with Gasteiger partial charge in [-0.25, -0.2) is 4.39 Å². The molecule has 1 aliphatic heterocycles. The number of rotatable bonds is 4. The number of amides is 1. The number of benzene rings is 2. The van der Waals surface area contributed by atoms with E-state index < -0.39 is 30.0 Å². The summed E-state index contributed by atoms with van der Waals surface area (Å²) in [4.78, 5) is 36.6. The van der Waals surface area contributed by atoms with E-state index in [-0.39, 0.29) is 17.9 Å². The number of carbonyl (C=O) groups excluding carboxylic acids is 3. The molecule has 2 aromatic rings. The third-order valence-electron chi connectivity index (χ3n) is 3.46. The first-order chi connectivity index (χ1) is 11.1. The number of esters is 1. The summed E-state index contributed by atoms with van der Waals surface area (Å²) in [6.07, 6.45) is 0. The summed E-state index contributed by atoms with van der Waals surface area (Å²) in [5, 5.41) is 0. The summed E-state index contributed by atoms with van der Waals surface area (Å²) in [7, 11) is 0. The fourth-order valence-electron chi connectivity index (χ4n) is 2.34. The van der Waals surface area contributed by atoms with Gasteiger partial charge in [0.25, 0.3) is 11.7 Å². The summed E-state index contributed by atoms with van der Waals surface area (Å²) in [5.41, 5.74) is 0.996. The van der Waals surface area contributed by atoms with Crippen LogP contribution in [0.3, 0.4) is 0 Å². The van der Waals surface area contributed by atoms with Crippen LogP contribution < -0.4 is 4.90 Å². The van der Waals surface area contributed by atoms with E-state index in [1.807, 2.05) is 18.2 Å². The maximum absolute atomic E-state index is 13.2. The molecule has 0 saturated heterocycles. The number of carbonyl (C=O) groups is 3. The van der Waals surface area contributed by atoms with Gasteiger partial charge < -0.3 is 4.74 Å². The molecule has 0 atom stereocenters. The Balaban J connectivity index is 1.69. The topological polar surface area (TPSA) is 63.7 Å². The van der Waals surface area contributed by atoms with Crippen LogP contribution in [0.25, 0.3) is 0 Å². The van der Waals surface area contributed by atoms with Crippen molar-refractivity contribution in [2.45, 2.75) is 6.61 Å². The van der Waals surface area contributed by atoms with Gasteiger partial charge in [-0.05, 0) is 23.8 Å². The molecule has 0 N–H and O–H groups in total. The van der Waals surface area contributed by atoms with Crippen molar-refractivity contribution < 1.29 is 23.5 Å². The zero-order chi connectivity index (χ0) is 16.4. The molecule has 23 heavy (non-hydrogen) atoms. The molecule has 6 heteroatoms. The number of hydrogen-bond acceptors (Lipinski definition) is 4. The number of ketones is 1. The van der Waals surface area contributed by atoms with Crippen LogP contribution in [0.1, 0.15) is 15.9 Å². The van der Waals surface area contributed by atoms with Crippen molar-refractivity contribution >= 4 is 23.3 Å². The molecule has 5 nitrogen and oxygen atoms in total. The normalized spacial score (nSPS) is 13.2. The van der Waals surface area contributed by atoms with E-state index in [0.717, 1.165) is 22.6 Å². The number of nitrogens with zero attached hydrogens (tertiary/aromatic N) is 1. The summed E-state index contributed by atoms with van der Waals surface area (Å²) < 4.78 is 18.3. The van der Waals surface area contributed by atoms with E-state index in [2.05, 4.69) is 0 Å². The van der Waals surface area contributed by atoms with E-state index in [9.17, 15) is 18.8 Å². The second kappa shape index (κ2) is 6.00. The highest BCUT2D eigenvalue weighted by Gasteiger charge is 2.37. The first-order valence-electron chi connectivity index (χ1n) is 6.91. The summed E-state index contributed by atoms with van der Waals surface area (Å²) in [6, 6.07) is 12.5. The molecule has 2 aromatic carbocycles. The molecule has 0 saturated carbocycles. The number of hydrogen-bond donors (Lipinski definition) is 0. The second-order valence-electron chi connectivity index (χ2n) is 5.03. The highest BCUT2D eigenvalue weighted by atomic mass is 19.1. The van der Waals surface area contributed by atoms with Crippen molar-refractivity contribution in [3.05, 3.63) is 65.5 Å². The number of ether oxygens (including phenoxy) is 1. The fraction of sp³-hybridized carbons (Fsp3) is 0.118. The van der Waals surface area contributed by atoms with Crippen molar-refractivity contribution in [2.24, 2.45) is 0 Å². The van der Waals surface area contributed by atoms with E-state index in [4.69, 9.17) is 4.74 Å². The molecule has 1 aliphatic rings. The van der Waals surface area contributed by atoms with Crippen LogP contribution in [0.5, 0.6) is 0 Å². The van der Waals surface area contributed by atoms with Crippen LogP contribution >= 0.6 is 0 Å². The van der Waals surface area contributed by atoms with Gasteiger partial charge in [-0.2, -0.15) is 0 Å². The smallest absolute Gasteiger partial charge is 0.326 e. The molecule has 1 amide bonds. The quantitative estimate of drug-likeness (QED) is 0.640. The van der Waals surface area contributed by atoms with Crippen LogP contribution in [0, 0.1) is 5.82 Å². The molecule has 0 aliphatic carbocycles. The molecule has 116 valence electrons. The maximum atomic E-state index is 13.2. The van der Waals surface area contributed by atoms with Crippen LogP contribution in [-0.4, -0.2) is 24.2 Å². The van der Waals surface area contributed by atoms with E-state index >= 15 is 0 Å². The van der Waals surface area contributed by atoms with Gasteiger partial charge >= 0.3 is 5.97 Å². The first-order valence-corrected chi connectivity index (χ1v) is 6.91. The van der Waals surface area contributed by atoms with E-state index in [1.165, 1.54) is 6.07 Å². The summed E-state index contributed by atoms with van der Waals surface area (Å²) in [6.45, 7) is -0.317. The third kappa shape index (κ3) is 2.96. The number of anilines is 1. The van der Waals surface area contributed by atoms with Crippen LogP contribution in [0.2, 0.25) is 0 Å². The number of Topliss-reactive ketones (excluding diaryl/α,β-unsaturated/α-hetero) is 1. The average Bonchev–Trinajstić information content (AvgIpc) is 2.79. The van der Waals surface area contributed by atoms with Crippen LogP contribution in [0.4, 0.5) is 10.1 Å². The molecular formula is C17H12FNO4. The van der Waals surface area contributed by atoms with Gasteiger partial charge in [0, 0.05) is 0 Å². The molecule has 0 fully saturated rings. The van der Waals surface area contributed by atoms with Crippen molar-refractivity contribution in [3.63, 3.8) is 0 Å². The summed E-state index contributed by atoms with van der Waals surface area (Å²) >= 11 is 0. The molecule has 0 unspecified atom stereocenters. The highest BCUT2D eigenvalue weighted by Crippen LogP contribution is 2.29. The zero-order valence-electron chi connectivity index (χ0n) is 12.0. The Bertz CT molecular complexity index is 788. The van der Waals surface area contributed by atoms with E-state index in [1.54, 1.807) is 12.1 Å². The molecule has 0 radical (unpaired) electrons. The van der Waals surface area contributed by atoms with Crippen LogP contribution in [-0.2, 0) is 20.9 Å². The van der Waals surface area contributed by atoms with Crippen molar-refractivity contribution in [3.8, 4) is 0 Å². The van der Waals surface area contributed by atoms with Gasteiger partial charge in [0.1, 0.15) is 19.0 Å². The zero-order valence-corrected chi connectivity index (χ0v) is 12.0. The van der Waals surface area contributed by atoms with Crippen molar-refractivity contribution in [2.75, 3.05) is 11.4 Å². The minimum Gasteiger partial charge on any atom is -0.459 e. The predicted molar refractivity (Wildman–Crippen MR) is 79.3 cm³/mol. The molecule has 1 heterocycles. The minimum atomic E-state index is -0.859. The van der Waals surface area contributed by atoms with Crippen molar-refractivity contribution in [1.82, 2.24) is 0 Å². The monoisotopic (exact) mass is 313 g/mol. The number of fused-ring (bicyclic) bond motifs is 1. The SMILES string of the molecule is O=C(CN1C(=O)C(=O)c2cc(F)ccc21)OCc1ccccc1. The largest absolute Gasteiger partial charge is 0.459 e. The van der Waals surface area contributed by atoms with Gasteiger partial charge in [0.05, 0.1) is 11.3 Å². The Morgan fingerprint density at radius 1 is 1.09 bits per heavy atom. The second-order valence-corrected chi connectivity index (χ2v) is 5.03. The lowest BCUT2D eigenvalue weighted by molar-refractivity contribution is -0.143. The van der Waals surface area contributed by atoms with Gasteiger partial charge in [-0.3, -0.25) is 19.3 Å². The predicted octanol–water partition coefficient (Wildman–Crippen LogP) is 2.10. The lowest BCUT2D eigenvalue weighted by Gasteiger charge is -2.15. The Hall–Kier alpha value is -3.02. The van der Waals surface area contributed by atoms with Gasteiger partial charge in [0.15, 0.2) is 0 Å². The molecule has 0 aromatic heterocycles. The third-order valence-corrected chi connectivity index (χ3v) is 3.46. The molecule has 0 spiro atoms. The fourth-order valence-corrected chi connectivity index (χ4v) is 2.34. The average molecular weight is 313 g/mol. The van der Waals surface area contributed by atoms with E-state index in [0.29, 0.717) is 0 Å². The Morgan fingerprint density at radius 3 is 2.57 bits per heavy atom. The Kier molecular flexibility index (Phi) is 3.89. The lowest BCUT2D eigenvalue weighted by Crippen LogP contribution is -2.35. The van der Waals surface area contributed by atoms with Crippen LogP contribution in [0.15, 0.2) is 48.5 Å². The summed E-state index contributed by atoms with van der Waals surface area (Å²) in [5.74, 6) is -2.94. The Morgan fingerprint density at radius 2 is 1.83 bits per heavy atom. The first kappa shape index (κ1) is 14.9. The molecule has 0 bridgehead atoms. The Labute approximate surface area is 131 Å².